The van der Waals surface area contributed by atoms with Gasteiger partial charge in [-0.05, 0) is 42.1 Å². The number of rotatable bonds is 6. The first-order valence-electron chi connectivity index (χ1n) is 10.0. The van der Waals surface area contributed by atoms with Crippen molar-refractivity contribution in [2.45, 2.75) is 20.0 Å². The van der Waals surface area contributed by atoms with Crippen LogP contribution in [0.15, 0.2) is 66.3 Å². The number of carbonyl (C=O) groups excluding carboxylic acids is 1. The van der Waals surface area contributed by atoms with E-state index in [0.29, 0.717) is 23.0 Å². The second-order valence-corrected chi connectivity index (χ2v) is 8.73. The number of thiophene rings is 1. The summed E-state index contributed by atoms with van der Waals surface area (Å²) in [7, 11) is 0. The summed E-state index contributed by atoms with van der Waals surface area (Å²) in [6.07, 6.45) is 3.58. The van der Waals surface area contributed by atoms with Gasteiger partial charge in [-0.3, -0.25) is 9.48 Å². The highest BCUT2D eigenvalue weighted by Gasteiger charge is 2.16. The van der Waals surface area contributed by atoms with Crippen LogP contribution in [0.4, 0.5) is 5.82 Å². The smallest absolute Gasteiger partial charge is 0.247 e. The Bertz CT molecular complexity index is 1390. The van der Waals surface area contributed by atoms with Crippen LogP contribution in [0.1, 0.15) is 11.3 Å². The second-order valence-electron chi connectivity index (χ2n) is 7.35. The fraction of sp³-hybridized carbons (Fsp3) is 0.130. The zero-order chi connectivity index (χ0) is 22.1. The molecule has 1 amide bonds. The molecule has 0 atom stereocenters. The summed E-state index contributed by atoms with van der Waals surface area (Å²) in [4.78, 5) is 18.3. The van der Waals surface area contributed by atoms with Crippen LogP contribution in [0, 0.1) is 6.92 Å². The van der Waals surface area contributed by atoms with Crippen LogP contribution in [0.2, 0.25) is 5.02 Å². The van der Waals surface area contributed by atoms with Gasteiger partial charge >= 0.3 is 0 Å². The number of benzene rings is 1. The number of aryl methyl sites for hydroxylation is 1. The molecule has 0 bridgehead atoms. The van der Waals surface area contributed by atoms with Gasteiger partial charge in [0.25, 0.3) is 0 Å². The van der Waals surface area contributed by atoms with Gasteiger partial charge < -0.3 is 5.32 Å². The number of carbonyl (C=O) groups is 1. The predicted octanol–water partition coefficient (Wildman–Crippen LogP) is 5.01. The lowest BCUT2D eigenvalue weighted by atomic mass is 10.1. The maximum atomic E-state index is 12.7. The van der Waals surface area contributed by atoms with Crippen LogP contribution in [-0.2, 0) is 17.9 Å². The van der Waals surface area contributed by atoms with E-state index in [1.807, 2.05) is 54.9 Å². The Balaban J connectivity index is 1.31. The lowest BCUT2D eigenvalue weighted by Gasteiger charge is -2.05. The molecule has 0 unspecified atom stereocenters. The third-order valence-electron chi connectivity index (χ3n) is 5.05. The molecule has 0 saturated heterocycles. The summed E-state index contributed by atoms with van der Waals surface area (Å²) in [5.74, 6) is 0.277. The Morgan fingerprint density at radius 1 is 1.12 bits per heavy atom. The normalized spacial score (nSPS) is 11.2. The number of anilines is 1. The molecule has 160 valence electrons. The average molecular weight is 463 g/mol. The van der Waals surface area contributed by atoms with Crippen LogP contribution in [-0.4, -0.2) is 30.5 Å². The molecule has 0 aliphatic rings. The zero-order valence-corrected chi connectivity index (χ0v) is 18.8. The number of fused-ring (bicyclic) bond motifs is 1. The highest BCUT2D eigenvalue weighted by molar-refractivity contribution is 7.13. The maximum absolute atomic E-state index is 12.7. The molecule has 0 fully saturated rings. The number of nitrogens with zero attached hydrogens (tertiary/aromatic N) is 5. The van der Waals surface area contributed by atoms with Crippen molar-refractivity contribution in [3.05, 3.63) is 82.6 Å². The first-order valence-corrected chi connectivity index (χ1v) is 11.3. The molecule has 0 aliphatic heterocycles. The van der Waals surface area contributed by atoms with E-state index >= 15 is 0 Å². The molecule has 4 heterocycles. The van der Waals surface area contributed by atoms with Gasteiger partial charge in [-0.15, -0.1) is 11.3 Å². The van der Waals surface area contributed by atoms with Crippen molar-refractivity contribution < 1.29 is 4.79 Å². The summed E-state index contributed by atoms with van der Waals surface area (Å²) in [6, 6.07) is 15.4. The van der Waals surface area contributed by atoms with Gasteiger partial charge in [0.05, 0.1) is 17.6 Å². The lowest BCUT2D eigenvalue weighted by molar-refractivity contribution is -0.116. The Morgan fingerprint density at radius 2 is 1.97 bits per heavy atom. The number of hydrogen-bond acceptors (Lipinski definition) is 5. The average Bonchev–Trinajstić information content (AvgIpc) is 3.52. The summed E-state index contributed by atoms with van der Waals surface area (Å²) < 4.78 is 3.41. The zero-order valence-electron chi connectivity index (χ0n) is 17.2. The van der Waals surface area contributed by atoms with Gasteiger partial charge in [0, 0.05) is 33.9 Å². The van der Waals surface area contributed by atoms with Crippen molar-refractivity contribution in [3.8, 4) is 10.4 Å². The van der Waals surface area contributed by atoms with Gasteiger partial charge in [0.15, 0.2) is 11.5 Å². The number of halogens is 1. The third-order valence-corrected chi connectivity index (χ3v) is 6.21. The number of pyridine rings is 1. The van der Waals surface area contributed by atoms with Crippen LogP contribution in [0.5, 0.6) is 0 Å². The van der Waals surface area contributed by atoms with Gasteiger partial charge in [-0.2, -0.15) is 10.2 Å². The molecule has 0 radical (unpaired) electrons. The fourth-order valence-electron chi connectivity index (χ4n) is 3.64. The molecule has 5 aromatic rings. The van der Waals surface area contributed by atoms with E-state index in [1.54, 1.807) is 33.0 Å². The van der Waals surface area contributed by atoms with Gasteiger partial charge in [0.2, 0.25) is 5.91 Å². The van der Waals surface area contributed by atoms with Crippen molar-refractivity contribution in [1.82, 2.24) is 24.5 Å². The first-order chi connectivity index (χ1) is 15.6. The standard InChI is InChI=1S/C23H19ClN6OS/c1-15-22-18(19-3-2-12-32-19)8-10-25-23(22)30(27-15)14-21(31)26-20-9-11-29(28-20)13-16-4-6-17(24)7-5-16/h2-12H,13-14H2,1H3,(H,26,28,31). The van der Waals surface area contributed by atoms with Crippen LogP contribution in [0.3, 0.4) is 0 Å². The minimum Gasteiger partial charge on any atom is -0.308 e. The van der Waals surface area contributed by atoms with E-state index in [0.717, 1.165) is 27.1 Å². The fourth-order valence-corrected chi connectivity index (χ4v) is 4.52. The van der Waals surface area contributed by atoms with Crippen LogP contribution < -0.4 is 5.32 Å². The van der Waals surface area contributed by atoms with Crippen molar-refractivity contribution in [1.29, 1.82) is 0 Å². The quantitative estimate of drug-likeness (QED) is 0.385. The predicted molar refractivity (Wildman–Crippen MR) is 127 cm³/mol. The molecule has 9 heteroatoms. The van der Waals surface area contributed by atoms with Crippen LogP contribution in [0.25, 0.3) is 21.5 Å². The molecule has 5 rings (SSSR count). The number of nitrogens with one attached hydrogen (secondary N) is 1. The highest BCUT2D eigenvalue weighted by Crippen LogP contribution is 2.32. The van der Waals surface area contributed by atoms with E-state index in [1.165, 1.54) is 0 Å². The van der Waals surface area contributed by atoms with Crippen molar-refractivity contribution in [2.75, 3.05) is 5.32 Å². The van der Waals surface area contributed by atoms with Crippen molar-refractivity contribution in [3.63, 3.8) is 0 Å². The number of amides is 1. The van der Waals surface area contributed by atoms with Crippen molar-refractivity contribution >= 4 is 45.7 Å². The van der Waals surface area contributed by atoms with Crippen LogP contribution >= 0.6 is 22.9 Å². The molecule has 32 heavy (non-hydrogen) atoms. The number of aromatic nitrogens is 5. The Kier molecular flexibility index (Phi) is 5.46. The van der Waals surface area contributed by atoms with Gasteiger partial charge in [0.1, 0.15) is 6.54 Å². The SMILES string of the molecule is Cc1nn(CC(=O)Nc2ccn(Cc3ccc(Cl)cc3)n2)c2nccc(-c3cccs3)c12. The molecule has 1 aromatic carbocycles. The summed E-state index contributed by atoms with van der Waals surface area (Å²) >= 11 is 7.60. The Labute approximate surface area is 193 Å². The minimum absolute atomic E-state index is 0.0509. The molecule has 0 spiro atoms. The molecule has 0 aliphatic carbocycles. The maximum Gasteiger partial charge on any atom is 0.247 e. The van der Waals surface area contributed by atoms with Crippen molar-refractivity contribution in [2.24, 2.45) is 0 Å². The summed E-state index contributed by atoms with van der Waals surface area (Å²) in [6.45, 7) is 2.58. The Morgan fingerprint density at radius 3 is 2.75 bits per heavy atom. The largest absolute Gasteiger partial charge is 0.308 e. The third kappa shape index (κ3) is 4.15. The second kappa shape index (κ2) is 8.57. The molecule has 1 N–H and O–H groups in total. The lowest BCUT2D eigenvalue weighted by Crippen LogP contribution is -2.20. The molecule has 7 nitrogen and oxygen atoms in total. The van der Waals surface area contributed by atoms with Gasteiger partial charge in [-0.1, -0.05) is 29.8 Å². The topological polar surface area (TPSA) is 77.6 Å². The first kappa shape index (κ1) is 20.4. The summed E-state index contributed by atoms with van der Waals surface area (Å²) in [5.41, 5.74) is 3.69. The highest BCUT2D eigenvalue weighted by atomic mass is 35.5. The molecule has 4 aromatic heterocycles. The van der Waals surface area contributed by atoms with E-state index in [-0.39, 0.29) is 12.5 Å². The molecular formula is C23H19ClN6OS. The van der Waals surface area contributed by atoms with E-state index in [9.17, 15) is 4.79 Å². The molecular weight excluding hydrogens is 444 g/mol. The summed E-state index contributed by atoms with van der Waals surface area (Å²) in [5, 5.41) is 15.6. The van der Waals surface area contributed by atoms with E-state index in [2.05, 4.69) is 26.6 Å². The minimum atomic E-state index is -0.213. The number of hydrogen-bond donors (Lipinski definition) is 1. The van der Waals surface area contributed by atoms with E-state index < -0.39 is 0 Å². The van der Waals surface area contributed by atoms with Gasteiger partial charge in [-0.25, -0.2) is 9.67 Å². The monoisotopic (exact) mass is 462 g/mol. The van der Waals surface area contributed by atoms with E-state index in [4.69, 9.17) is 11.6 Å². The molecule has 0 saturated carbocycles. The Hall–Kier alpha value is -3.49.